The van der Waals surface area contributed by atoms with E-state index in [1.807, 2.05) is 53.4 Å². The van der Waals surface area contributed by atoms with Gasteiger partial charge in [-0.2, -0.15) is 0 Å². The molecule has 1 aliphatic heterocycles. The number of hydrogen-bond donors (Lipinski definition) is 0. The first-order valence-corrected chi connectivity index (χ1v) is 10.7. The largest absolute Gasteiger partial charge is 0.497 e. The summed E-state index contributed by atoms with van der Waals surface area (Å²) < 4.78 is 5.21. The van der Waals surface area contributed by atoms with Crippen molar-refractivity contribution in [3.63, 3.8) is 0 Å². The van der Waals surface area contributed by atoms with Crippen molar-refractivity contribution >= 4 is 17.5 Å². The summed E-state index contributed by atoms with van der Waals surface area (Å²) in [5.41, 5.74) is 2.49. The maximum Gasteiger partial charge on any atom is 0.223 e. The molecule has 0 bridgehead atoms. The summed E-state index contributed by atoms with van der Waals surface area (Å²) in [6.07, 6.45) is 2.05. The first-order valence-electron chi connectivity index (χ1n) is 10.7. The van der Waals surface area contributed by atoms with Crippen LogP contribution in [0.5, 0.6) is 5.75 Å². The van der Waals surface area contributed by atoms with Crippen LogP contribution in [-0.2, 0) is 4.79 Å². The van der Waals surface area contributed by atoms with Crippen LogP contribution in [0.4, 0.5) is 5.82 Å². The molecule has 1 saturated heterocycles. The Labute approximate surface area is 187 Å². The van der Waals surface area contributed by atoms with Crippen LogP contribution in [0.1, 0.15) is 23.2 Å². The molecule has 2 heterocycles. The van der Waals surface area contributed by atoms with Crippen molar-refractivity contribution in [1.29, 1.82) is 0 Å². The molecule has 7 heteroatoms. The van der Waals surface area contributed by atoms with Crippen LogP contribution >= 0.6 is 0 Å². The average molecular weight is 431 g/mol. The van der Waals surface area contributed by atoms with Crippen LogP contribution in [0.3, 0.4) is 0 Å². The normalized spacial score (nSPS) is 13.7. The number of rotatable bonds is 7. The fourth-order valence-electron chi connectivity index (χ4n) is 3.77. The number of nitrogens with zero attached hydrogens (tertiary/aromatic N) is 4. The Hall–Kier alpha value is -3.74. The van der Waals surface area contributed by atoms with E-state index in [9.17, 15) is 9.59 Å². The molecule has 0 aliphatic carbocycles. The summed E-state index contributed by atoms with van der Waals surface area (Å²) in [6.45, 7) is 2.61. The Morgan fingerprint density at radius 1 is 0.906 bits per heavy atom. The summed E-state index contributed by atoms with van der Waals surface area (Å²) in [5, 5.41) is 0. The van der Waals surface area contributed by atoms with Gasteiger partial charge in [0.2, 0.25) is 5.91 Å². The van der Waals surface area contributed by atoms with Crippen LogP contribution in [0.2, 0.25) is 0 Å². The van der Waals surface area contributed by atoms with Crippen molar-refractivity contribution in [2.45, 2.75) is 12.8 Å². The smallest absolute Gasteiger partial charge is 0.223 e. The van der Waals surface area contributed by atoms with Crippen LogP contribution in [0.25, 0.3) is 11.3 Å². The summed E-state index contributed by atoms with van der Waals surface area (Å²) in [5.74, 6) is 1.67. The van der Waals surface area contributed by atoms with Gasteiger partial charge in [-0.3, -0.25) is 9.59 Å². The molecule has 1 aromatic heterocycles. The van der Waals surface area contributed by atoms with Gasteiger partial charge in [-0.1, -0.05) is 30.3 Å². The number of hydrogen-bond acceptors (Lipinski definition) is 6. The number of carbonyl (C=O) groups is 2. The number of amides is 1. The van der Waals surface area contributed by atoms with Gasteiger partial charge >= 0.3 is 0 Å². The maximum atomic E-state index is 12.6. The van der Waals surface area contributed by atoms with Gasteiger partial charge in [0.1, 0.15) is 17.9 Å². The number of anilines is 1. The van der Waals surface area contributed by atoms with Gasteiger partial charge in [0.25, 0.3) is 0 Å². The highest BCUT2D eigenvalue weighted by Gasteiger charge is 2.22. The second-order valence-corrected chi connectivity index (χ2v) is 7.65. The number of piperazine rings is 1. The van der Waals surface area contributed by atoms with Gasteiger partial charge in [0, 0.05) is 56.2 Å². The monoisotopic (exact) mass is 430 g/mol. The number of carbonyl (C=O) groups excluding carboxylic acids is 2. The Morgan fingerprint density at radius 3 is 2.31 bits per heavy atom. The molecule has 3 aromatic rings. The van der Waals surface area contributed by atoms with E-state index in [4.69, 9.17) is 4.74 Å². The molecule has 164 valence electrons. The van der Waals surface area contributed by atoms with E-state index in [0.29, 0.717) is 31.7 Å². The minimum Gasteiger partial charge on any atom is -0.497 e. The highest BCUT2D eigenvalue weighted by atomic mass is 16.5. The molecule has 2 aromatic carbocycles. The Kier molecular flexibility index (Phi) is 6.75. The molecule has 32 heavy (non-hydrogen) atoms. The first kappa shape index (κ1) is 21.5. The minimum atomic E-state index is 0.00429. The number of Topliss-reactive ketones (excluding diaryl/α,β-unsaturated/α-hetero) is 1. The molecule has 0 radical (unpaired) electrons. The molecule has 0 atom stereocenters. The van der Waals surface area contributed by atoms with E-state index in [-0.39, 0.29) is 24.5 Å². The third-order valence-corrected chi connectivity index (χ3v) is 5.66. The van der Waals surface area contributed by atoms with E-state index in [2.05, 4.69) is 14.9 Å². The van der Waals surface area contributed by atoms with Crippen molar-refractivity contribution in [3.05, 3.63) is 72.6 Å². The summed E-state index contributed by atoms with van der Waals surface area (Å²) >= 11 is 0. The zero-order valence-corrected chi connectivity index (χ0v) is 18.1. The molecule has 4 rings (SSSR count). The third kappa shape index (κ3) is 5.11. The van der Waals surface area contributed by atoms with Crippen molar-refractivity contribution in [3.8, 4) is 17.0 Å². The molecule has 1 aliphatic rings. The zero-order chi connectivity index (χ0) is 22.3. The minimum absolute atomic E-state index is 0.00429. The van der Waals surface area contributed by atoms with Crippen LogP contribution in [-0.4, -0.2) is 59.8 Å². The summed E-state index contributed by atoms with van der Waals surface area (Å²) in [7, 11) is 1.64. The lowest BCUT2D eigenvalue weighted by Gasteiger charge is -2.35. The van der Waals surface area contributed by atoms with Gasteiger partial charge in [-0.05, 0) is 24.3 Å². The van der Waals surface area contributed by atoms with Gasteiger partial charge in [0.15, 0.2) is 5.78 Å². The third-order valence-electron chi connectivity index (χ3n) is 5.66. The van der Waals surface area contributed by atoms with Crippen molar-refractivity contribution in [2.24, 2.45) is 0 Å². The SMILES string of the molecule is COc1ccc(-c2cc(N3CCN(C(=O)CCC(=O)c4ccccc4)CC3)ncn2)cc1. The van der Waals surface area contributed by atoms with Gasteiger partial charge < -0.3 is 14.5 Å². The molecule has 0 N–H and O–H groups in total. The summed E-state index contributed by atoms with van der Waals surface area (Å²) in [6, 6.07) is 18.8. The number of ether oxygens (including phenoxy) is 1. The Morgan fingerprint density at radius 2 is 1.62 bits per heavy atom. The van der Waals surface area contributed by atoms with E-state index in [1.54, 1.807) is 25.6 Å². The predicted molar refractivity (Wildman–Crippen MR) is 123 cm³/mol. The van der Waals surface area contributed by atoms with Crippen LogP contribution in [0.15, 0.2) is 67.0 Å². The highest BCUT2D eigenvalue weighted by Crippen LogP contribution is 2.24. The predicted octanol–water partition coefficient (Wildman–Crippen LogP) is 3.46. The molecule has 1 fully saturated rings. The Balaban J connectivity index is 1.31. The Bertz CT molecular complexity index is 1060. The van der Waals surface area contributed by atoms with Gasteiger partial charge in [-0.15, -0.1) is 0 Å². The average Bonchev–Trinajstić information content (AvgIpc) is 2.88. The lowest BCUT2D eigenvalue weighted by molar-refractivity contribution is -0.131. The maximum absolute atomic E-state index is 12.6. The molecular weight excluding hydrogens is 404 g/mol. The highest BCUT2D eigenvalue weighted by molar-refractivity contribution is 5.97. The molecular formula is C25H26N4O3. The van der Waals surface area contributed by atoms with E-state index in [0.717, 1.165) is 22.8 Å². The van der Waals surface area contributed by atoms with Crippen molar-refractivity contribution in [2.75, 3.05) is 38.2 Å². The number of methoxy groups -OCH3 is 1. The van der Waals surface area contributed by atoms with Crippen LogP contribution in [0, 0.1) is 0 Å². The standard InChI is InChI=1S/C25H26N4O3/c1-32-21-9-7-19(8-10-21)22-17-24(27-18-26-22)28-13-15-29(16-14-28)25(31)12-11-23(30)20-5-3-2-4-6-20/h2-10,17-18H,11-16H2,1H3. The van der Waals surface area contributed by atoms with Gasteiger partial charge in [-0.25, -0.2) is 9.97 Å². The van der Waals surface area contributed by atoms with Gasteiger partial charge in [0.05, 0.1) is 12.8 Å². The molecule has 1 amide bonds. The zero-order valence-electron chi connectivity index (χ0n) is 18.1. The topological polar surface area (TPSA) is 75.6 Å². The lowest BCUT2D eigenvalue weighted by atomic mass is 10.1. The number of aromatic nitrogens is 2. The lowest BCUT2D eigenvalue weighted by Crippen LogP contribution is -2.49. The first-order chi connectivity index (χ1) is 15.6. The van der Waals surface area contributed by atoms with E-state index >= 15 is 0 Å². The summed E-state index contributed by atoms with van der Waals surface area (Å²) in [4.78, 5) is 37.7. The van der Waals surface area contributed by atoms with E-state index in [1.165, 1.54) is 0 Å². The quantitative estimate of drug-likeness (QED) is 0.535. The number of benzene rings is 2. The van der Waals surface area contributed by atoms with Crippen molar-refractivity contribution < 1.29 is 14.3 Å². The molecule has 0 saturated carbocycles. The molecule has 0 spiro atoms. The number of ketones is 1. The van der Waals surface area contributed by atoms with E-state index < -0.39 is 0 Å². The van der Waals surface area contributed by atoms with Crippen LogP contribution < -0.4 is 9.64 Å². The fourth-order valence-corrected chi connectivity index (χ4v) is 3.77. The molecule has 7 nitrogen and oxygen atoms in total. The second-order valence-electron chi connectivity index (χ2n) is 7.65. The fraction of sp³-hybridized carbons (Fsp3) is 0.280. The molecule has 0 unspecified atom stereocenters. The second kappa shape index (κ2) is 10.0. The van der Waals surface area contributed by atoms with Crippen molar-refractivity contribution in [1.82, 2.24) is 14.9 Å².